The molecular weight excluding hydrogens is 334 g/mol. The van der Waals surface area contributed by atoms with Crippen molar-refractivity contribution in [1.82, 2.24) is 9.55 Å². The van der Waals surface area contributed by atoms with Crippen LogP contribution in [-0.2, 0) is 13.6 Å². The maximum Gasteiger partial charge on any atom is 0.127 e. The highest BCUT2D eigenvalue weighted by Crippen LogP contribution is 2.26. The van der Waals surface area contributed by atoms with Gasteiger partial charge in [0.25, 0.3) is 0 Å². The third kappa shape index (κ3) is 2.65. The predicted molar refractivity (Wildman–Crippen MR) is 72.4 cm³/mol. The van der Waals surface area contributed by atoms with Crippen LogP contribution in [0.15, 0.2) is 39.5 Å². The third-order valence-electron chi connectivity index (χ3n) is 2.29. The molecule has 0 radical (unpaired) electrons. The molecule has 0 unspecified atom stereocenters. The number of halogens is 2. The predicted octanol–water partition coefficient (Wildman–Crippen LogP) is 3.56. The van der Waals surface area contributed by atoms with Crippen molar-refractivity contribution in [1.29, 1.82) is 0 Å². The van der Waals surface area contributed by atoms with Crippen LogP contribution in [0.4, 0.5) is 5.69 Å². The van der Waals surface area contributed by atoms with Crippen molar-refractivity contribution >= 4 is 37.5 Å². The zero-order valence-electron chi connectivity index (χ0n) is 8.74. The molecule has 16 heavy (non-hydrogen) atoms. The van der Waals surface area contributed by atoms with Crippen LogP contribution in [0.2, 0.25) is 0 Å². The third-order valence-corrected chi connectivity index (χ3v) is 3.44. The highest BCUT2D eigenvalue weighted by atomic mass is 79.9. The van der Waals surface area contributed by atoms with Crippen LogP contribution in [0, 0.1) is 0 Å². The van der Waals surface area contributed by atoms with Crippen LogP contribution in [-0.4, -0.2) is 9.55 Å². The maximum absolute atomic E-state index is 4.25. The van der Waals surface area contributed by atoms with Crippen molar-refractivity contribution in [3.63, 3.8) is 0 Å². The van der Waals surface area contributed by atoms with Gasteiger partial charge in [0, 0.05) is 34.1 Å². The van der Waals surface area contributed by atoms with Crippen LogP contribution < -0.4 is 5.32 Å². The monoisotopic (exact) mass is 343 g/mol. The molecule has 0 saturated heterocycles. The minimum absolute atomic E-state index is 0.712. The molecule has 0 bridgehead atoms. The Morgan fingerprint density at radius 2 is 2.19 bits per heavy atom. The molecule has 1 aromatic heterocycles. The molecule has 1 heterocycles. The van der Waals surface area contributed by atoms with Gasteiger partial charge in [-0.15, -0.1) is 0 Å². The Labute approximate surface area is 111 Å². The zero-order valence-corrected chi connectivity index (χ0v) is 11.9. The van der Waals surface area contributed by atoms with E-state index in [0.717, 1.165) is 20.5 Å². The van der Waals surface area contributed by atoms with Gasteiger partial charge in [0.1, 0.15) is 5.82 Å². The van der Waals surface area contributed by atoms with E-state index in [-0.39, 0.29) is 0 Å². The van der Waals surface area contributed by atoms with Gasteiger partial charge in [0.2, 0.25) is 0 Å². The minimum Gasteiger partial charge on any atom is -0.377 e. The summed E-state index contributed by atoms with van der Waals surface area (Å²) in [7, 11) is 1.99. The van der Waals surface area contributed by atoms with E-state index in [2.05, 4.69) is 42.2 Å². The summed E-state index contributed by atoms with van der Waals surface area (Å²) in [6.07, 6.45) is 3.74. The Morgan fingerprint density at radius 3 is 2.81 bits per heavy atom. The quantitative estimate of drug-likeness (QED) is 0.922. The molecule has 1 aromatic carbocycles. The molecule has 1 N–H and O–H groups in total. The molecular formula is C11H11Br2N3. The summed E-state index contributed by atoms with van der Waals surface area (Å²) in [6, 6.07) is 6.05. The molecule has 0 fully saturated rings. The number of rotatable bonds is 3. The van der Waals surface area contributed by atoms with Gasteiger partial charge >= 0.3 is 0 Å². The average Bonchev–Trinajstić information content (AvgIpc) is 2.63. The maximum atomic E-state index is 4.25. The molecule has 0 atom stereocenters. The van der Waals surface area contributed by atoms with Crippen LogP contribution in [0.1, 0.15) is 5.82 Å². The zero-order chi connectivity index (χ0) is 11.5. The first kappa shape index (κ1) is 11.7. The van der Waals surface area contributed by atoms with Crippen molar-refractivity contribution in [3.05, 3.63) is 45.4 Å². The smallest absolute Gasteiger partial charge is 0.127 e. The van der Waals surface area contributed by atoms with Gasteiger partial charge in [-0.2, -0.15) is 0 Å². The fourth-order valence-electron chi connectivity index (χ4n) is 1.37. The number of hydrogen-bond acceptors (Lipinski definition) is 2. The lowest BCUT2D eigenvalue weighted by Gasteiger charge is -2.08. The first-order valence-corrected chi connectivity index (χ1v) is 6.40. The number of hydrogen-bond donors (Lipinski definition) is 1. The van der Waals surface area contributed by atoms with Crippen LogP contribution in [0.5, 0.6) is 0 Å². The van der Waals surface area contributed by atoms with E-state index in [1.165, 1.54) is 0 Å². The second-order valence-corrected chi connectivity index (χ2v) is 5.20. The number of nitrogens with one attached hydrogen (secondary N) is 1. The van der Waals surface area contributed by atoms with E-state index in [9.17, 15) is 0 Å². The molecule has 0 saturated carbocycles. The van der Waals surface area contributed by atoms with E-state index in [1.54, 1.807) is 6.20 Å². The van der Waals surface area contributed by atoms with E-state index in [0.29, 0.717) is 6.54 Å². The van der Waals surface area contributed by atoms with Gasteiger partial charge in [0.15, 0.2) is 0 Å². The number of nitrogens with zero attached hydrogens (tertiary/aromatic N) is 2. The number of aromatic nitrogens is 2. The molecule has 0 aliphatic carbocycles. The Kier molecular flexibility index (Phi) is 3.66. The second-order valence-electron chi connectivity index (χ2n) is 3.43. The summed E-state index contributed by atoms with van der Waals surface area (Å²) >= 11 is 6.93. The van der Waals surface area contributed by atoms with Crippen LogP contribution in [0.25, 0.3) is 0 Å². The summed E-state index contributed by atoms with van der Waals surface area (Å²) in [4.78, 5) is 4.25. The summed E-state index contributed by atoms with van der Waals surface area (Å²) in [5, 5.41) is 3.33. The lowest BCUT2D eigenvalue weighted by molar-refractivity contribution is 0.812. The van der Waals surface area contributed by atoms with E-state index in [1.807, 2.05) is 36.0 Å². The van der Waals surface area contributed by atoms with Gasteiger partial charge in [-0.3, -0.25) is 0 Å². The van der Waals surface area contributed by atoms with E-state index >= 15 is 0 Å². The van der Waals surface area contributed by atoms with E-state index < -0.39 is 0 Å². The summed E-state index contributed by atoms with van der Waals surface area (Å²) < 4.78 is 4.10. The first-order valence-electron chi connectivity index (χ1n) is 4.82. The normalized spacial score (nSPS) is 10.4. The molecule has 84 valence electrons. The first-order chi connectivity index (χ1) is 7.66. The molecule has 3 nitrogen and oxygen atoms in total. The van der Waals surface area contributed by atoms with Crippen molar-refractivity contribution < 1.29 is 0 Å². The number of anilines is 1. The Balaban J connectivity index is 2.08. The van der Waals surface area contributed by atoms with Crippen molar-refractivity contribution in [2.24, 2.45) is 7.05 Å². The lowest BCUT2D eigenvalue weighted by Crippen LogP contribution is -2.05. The SMILES string of the molecule is Cn1ccnc1CNc1ccc(Br)cc1Br. The van der Waals surface area contributed by atoms with E-state index in [4.69, 9.17) is 0 Å². The van der Waals surface area contributed by atoms with Gasteiger partial charge in [0.05, 0.1) is 6.54 Å². The van der Waals surface area contributed by atoms with Crippen molar-refractivity contribution in [2.75, 3.05) is 5.32 Å². The molecule has 2 aromatic rings. The topological polar surface area (TPSA) is 29.9 Å². The molecule has 0 aliphatic heterocycles. The lowest BCUT2D eigenvalue weighted by atomic mass is 10.3. The van der Waals surface area contributed by atoms with Gasteiger partial charge in [-0.05, 0) is 34.1 Å². The second kappa shape index (κ2) is 5.01. The number of benzene rings is 1. The fourth-order valence-corrected chi connectivity index (χ4v) is 2.56. The molecule has 0 spiro atoms. The highest BCUT2D eigenvalue weighted by Gasteiger charge is 2.02. The van der Waals surface area contributed by atoms with Gasteiger partial charge in [-0.25, -0.2) is 4.98 Å². The fraction of sp³-hybridized carbons (Fsp3) is 0.182. The standard InChI is InChI=1S/C11H11Br2N3/c1-16-5-4-14-11(16)7-15-10-3-2-8(12)6-9(10)13/h2-6,15H,7H2,1H3. The average molecular weight is 345 g/mol. The summed E-state index contributed by atoms with van der Waals surface area (Å²) in [5.41, 5.74) is 1.06. The molecule has 2 rings (SSSR count). The summed E-state index contributed by atoms with van der Waals surface area (Å²) in [6.45, 7) is 0.712. The Bertz CT molecular complexity index is 494. The van der Waals surface area contributed by atoms with Crippen molar-refractivity contribution in [2.45, 2.75) is 6.54 Å². The minimum atomic E-state index is 0.712. The van der Waals surface area contributed by atoms with Crippen LogP contribution in [0.3, 0.4) is 0 Å². The summed E-state index contributed by atoms with van der Waals surface area (Å²) in [5.74, 6) is 1.01. The number of aryl methyl sites for hydroxylation is 1. The highest BCUT2D eigenvalue weighted by molar-refractivity contribution is 9.11. The molecule has 5 heteroatoms. The van der Waals surface area contributed by atoms with Crippen LogP contribution >= 0.6 is 31.9 Å². The van der Waals surface area contributed by atoms with Gasteiger partial charge in [-0.1, -0.05) is 15.9 Å². The number of imidazole rings is 1. The Morgan fingerprint density at radius 1 is 1.38 bits per heavy atom. The van der Waals surface area contributed by atoms with Gasteiger partial charge < -0.3 is 9.88 Å². The molecule has 0 aliphatic rings. The Hall–Kier alpha value is -0.810. The molecule has 0 amide bonds. The van der Waals surface area contributed by atoms with Crippen molar-refractivity contribution in [3.8, 4) is 0 Å². The largest absolute Gasteiger partial charge is 0.377 e.